The summed E-state index contributed by atoms with van der Waals surface area (Å²) in [6.07, 6.45) is 1.53. The van der Waals surface area contributed by atoms with Crippen molar-refractivity contribution in [3.63, 3.8) is 0 Å². The van der Waals surface area contributed by atoms with Crippen LogP contribution in [-0.2, 0) is 0 Å². The lowest BCUT2D eigenvalue weighted by Gasteiger charge is -2.05. The second kappa shape index (κ2) is 4.73. The standard InChI is InChI=1S/C7H13NO3/c1-5(8-7(10)11)3-4-6(2)9/h3-6,8-9H,1-2H3,(H,10,11)/b4-3-/t5-,6-/m0/s1. The van der Waals surface area contributed by atoms with Crippen LogP contribution in [0.2, 0.25) is 0 Å². The number of rotatable bonds is 3. The number of carbonyl (C=O) groups is 1. The monoisotopic (exact) mass is 159 g/mol. The zero-order valence-electron chi connectivity index (χ0n) is 6.61. The Morgan fingerprint density at radius 2 is 2.00 bits per heavy atom. The van der Waals surface area contributed by atoms with Gasteiger partial charge in [-0.15, -0.1) is 0 Å². The summed E-state index contributed by atoms with van der Waals surface area (Å²) in [5, 5.41) is 19.2. The molecule has 0 saturated carbocycles. The van der Waals surface area contributed by atoms with Gasteiger partial charge in [-0.25, -0.2) is 4.79 Å². The highest BCUT2D eigenvalue weighted by atomic mass is 16.4. The van der Waals surface area contributed by atoms with Crippen LogP contribution < -0.4 is 5.32 Å². The molecule has 4 heteroatoms. The van der Waals surface area contributed by atoms with Crippen molar-refractivity contribution < 1.29 is 15.0 Å². The lowest BCUT2D eigenvalue weighted by Crippen LogP contribution is -2.29. The van der Waals surface area contributed by atoms with E-state index in [2.05, 4.69) is 5.32 Å². The maximum absolute atomic E-state index is 10.0. The number of aliphatic hydroxyl groups excluding tert-OH is 1. The first-order chi connectivity index (χ1) is 5.02. The largest absolute Gasteiger partial charge is 0.465 e. The lowest BCUT2D eigenvalue weighted by atomic mass is 10.2. The van der Waals surface area contributed by atoms with Crippen molar-refractivity contribution in [1.29, 1.82) is 0 Å². The van der Waals surface area contributed by atoms with Crippen LogP contribution in [-0.4, -0.2) is 28.5 Å². The van der Waals surface area contributed by atoms with Gasteiger partial charge in [-0.1, -0.05) is 12.2 Å². The van der Waals surface area contributed by atoms with Crippen molar-refractivity contribution in [2.24, 2.45) is 0 Å². The molecule has 64 valence electrons. The molecule has 1 amide bonds. The molecule has 0 aliphatic rings. The number of amides is 1. The van der Waals surface area contributed by atoms with Gasteiger partial charge in [0.15, 0.2) is 0 Å². The van der Waals surface area contributed by atoms with E-state index >= 15 is 0 Å². The van der Waals surface area contributed by atoms with Crippen molar-refractivity contribution >= 4 is 6.09 Å². The molecule has 0 aromatic heterocycles. The fourth-order valence-corrected chi connectivity index (χ4v) is 0.570. The molecule has 0 aromatic carbocycles. The first-order valence-electron chi connectivity index (χ1n) is 3.38. The summed E-state index contributed by atoms with van der Waals surface area (Å²) in [5.74, 6) is 0. The minimum absolute atomic E-state index is 0.262. The molecule has 0 saturated heterocycles. The molecular formula is C7H13NO3. The van der Waals surface area contributed by atoms with Crippen LogP contribution in [0.1, 0.15) is 13.8 Å². The van der Waals surface area contributed by atoms with Gasteiger partial charge >= 0.3 is 6.09 Å². The van der Waals surface area contributed by atoms with Crippen LogP contribution in [0, 0.1) is 0 Å². The number of aliphatic hydroxyl groups is 1. The first-order valence-corrected chi connectivity index (χ1v) is 3.38. The zero-order valence-corrected chi connectivity index (χ0v) is 6.61. The molecule has 4 nitrogen and oxygen atoms in total. The van der Waals surface area contributed by atoms with E-state index in [9.17, 15) is 4.79 Å². The molecule has 0 radical (unpaired) electrons. The highest BCUT2D eigenvalue weighted by Crippen LogP contribution is 1.88. The summed E-state index contributed by atoms with van der Waals surface area (Å²) in [5.41, 5.74) is 0. The summed E-state index contributed by atoms with van der Waals surface area (Å²) in [6.45, 7) is 3.29. The van der Waals surface area contributed by atoms with Crippen molar-refractivity contribution in [1.82, 2.24) is 5.32 Å². The van der Waals surface area contributed by atoms with Crippen molar-refractivity contribution in [2.45, 2.75) is 26.0 Å². The van der Waals surface area contributed by atoms with Gasteiger partial charge < -0.3 is 15.5 Å². The van der Waals surface area contributed by atoms with E-state index in [0.29, 0.717) is 0 Å². The lowest BCUT2D eigenvalue weighted by molar-refractivity contribution is 0.192. The maximum atomic E-state index is 10.0. The maximum Gasteiger partial charge on any atom is 0.405 e. The highest BCUT2D eigenvalue weighted by Gasteiger charge is 1.99. The van der Waals surface area contributed by atoms with Crippen LogP contribution in [0.3, 0.4) is 0 Å². The Morgan fingerprint density at radius 1 is 1.45 bits per heavy atom. The van der Waals surface area contributed by atoms with Crippen molar-refractivity contribution in [3.05, 3.63) is 12.2 Å². The van der Waals surface area contributed by atoms with Crippen LogP contribution >= 0.6 is 0 Å². The molecule has 0 bridgehead atoms. The minimum Gasteiger partial charge on any atom is -0.465 e. The van der Waals surface area contributed by atoms with Gasteiger partial charge in [-0.3, -0.25) is 0 Å². The first kappa shape index (κ1) is 9.97. The van der Waals surface area contributed by atoms with E-state index in [1.165, 1.54) is 6.08 Å². The second-order valence-corrected chi connectivity index (χ2v) is 2.36. The second-order valence-electron chi connectivity index (χ2n) is 2.36. The Labute approximate surface area is 65.5 Å². The van der Waals surface area contributed by atoms with E-state index in [4.69, 9.17) is 10.2 Å². The third-order valence-electron chi connectivity index (χ3n) is 1.03. The van der Waals surface area contributed by atoms with E-state index in [-0.39, 0.29) is 6.04 Å². The molecule has 0 aliphatic carbocycles. The summed E-state index contributed by atoms with van der Waals surface area (Å²) >= 11 is 0. The van der Waals surface area contributed by atoms with Gasteiger partial charge in [0.2, 0.25) is 0 Å². The van der Waals surface area contributed by atoms with E-state index in [1.54, 1.807) is 19.9 Å². The van der Waals surface area contributed by atoms with E-state index < -0.39 is 12.2 Å². The fraction of sp³-hybridized carbons (Fsp3) is 0.571. The zero-order chi connectivity index (χ0) is 8.85. The van der Waals surface area contributed by atoms with Crippen LogP contribution in [0.15, 0.2) is 12.2 Å². The van der Waals surface area contributed by atoms with Crippen LogP contribution in [0.5, 0.6) is 0 Å². The third-order valence-corrected chi connectivity index (χ3v) is 1.03. The topological polar surface area (TPSA) is 69.6 Å². The van der Waals surface area contributed by atoms with Gasteiger partial charge in [0.25, 0.3) is 0 Å². The summed E-state index contributed by atoms with van der Waals surface area (Å²) in [4.78, 5) is 10.0. The molecule has 0 spiro atoms. The Bertz CT molecular complexity index is 154. The molecule has 0 fully saturated rings. The normalized spacial score (nSPS) is 16.3. The van der Waals surface area contributed by atoms with Gasteiger partial charge in [0.1, 0.15) is 0 Å². The molecule has 11 heavy (non-hydrogen) atoms. The number of hydrogen-bond donors (Lipinski definition) is 3. The molecule has 0 unspecified atom stereocenters. The Morgan fingerprint density at radius 3 is 2.36 bits per heavy atom. The summed E-state index contributed by atoms with van der Waals surface area (Å²) in [6, 6.07) is -0.262. The van der Waals surface area contributed by atoms with E-state index in [0.717, 1.165) is 0 Å². The summed E-state index contributed by atoms with van der Waals surface area (Å²) in [7, 11) is 0. The fourth-order valence-electron chi connectivity index (χ4n) is 0.570. The Balaban J connectivity index is 3.68. The quantitative estimate of drug-likeness (QED) is 0.527. The van der Waals surface area contributed by atoms with Crippen LogP contribution in [0.25, 0.3) is 0 Å². The van der Waals surface area contributed by atoms with E-state index in [1.807, 2.05) is 0 Å². The number of nitrogens with one attached hydrogen (secondary N) is 1. The number of hydrogen-bond acceptors (Lipinski definition) is 2. The van der Waals surface area contributed by atoms with Gasteiger partial charge in [0, 0.05) is 6.04 Å². The van der Waals surface area contributed by atoms with Gasteiger partial charge in [-0.05, 0) is 13.8 Å². The molecule has 0 rings (SSSR count). The predicted molar refractivity (Wildman–Crippen MR) is 41.4 cm³/mol. The molecule has 0 aliphatic heterocycles. The minimum atomic E-state index is -1.06. The SMILES string of the molecule is C[C@H](O)/C=C\[C@H](C)NC(=O)O. The average Bonchev–Trinajstić information content (AvgIpc) is 1.82. The van der Waals surface area contributed by atoms with Crippen molar-refractivity contribution in [3.8, 4) is 0 Å². The highest BCUT2D eigenvalue weighted by molar-refractivity contribution is 5.65. The molecule has 0 heterocycles. The smallest absolute Gasteiger partial charge is 0.405 e. The average molecular weight is 159 g/mol. The molecular weight excluding hydrogens is 146 g/mol. The molecule has 0 aromatic rings. The summed E-state index contributed by atoms with van der Waals surface area (Å²) < 4.78 is 0. The van der Waals surface area contributed by atoms with Gasteiger partial charge in [0.05, 0.1) is 6.10 Å². The van der Waals surface area contributed by atoms with Crippen LogP contribution in [0.4, 0.5) is 4.79 Å². The Kier molecular flexibility index (Phi) is 4.29. The molecule has 3 N–H and O–H groups in total. The van der Waals surface area contributed by atoms with Crippen molar-refractivity contribution in [2.75, 3.05) is 0 Å². The Hall–Kier alpha value is -1.03. The third kappa shape index (κ3) is 6.86. The van der Waals surface area contributed by atoms with Gasteiger partial charge in [-0.2, -0.15) is 0 Å². The molecule has 2 atom stereocenters. The predicted octanol–water partition coefficient (Wildman–Crippen LogP) is 0.580. The number of carboxylic acid groups (broad SMARTS) is 1.